The van der Waals surface area contributed by atoms with Crippen LogP contribution in [0.4, 0.5) is 10.1 Å². The summed E-state index contributed by atoms with van der Waals surface area (Å²) < 4.78 is 41.8. The van der Waals surface area contributed by atoms with E-state index in [0.717, 1.165) is 16.9 Å². The number of halogens is 1. The van der Waals surface area contributed by atoms with Crippen molar-refractivity contribution in [2.24, 2.45) is 0 Å². The van der Waals surface area contributed by atoms with Crippen LogP contribution in [0, 0.1) is 5.82 Å². The first-order valence-electron chi connectivity index (χ1n) is 9.86. The summed E-state index contributed by atoms with van der Waals surface area (Å²) in [7, 11) is -3.83. The second-order valence-electron chi connectivity index (χ2n) is 7.12. The molecule has 1 aliphatic rings. The summed E-state index contributed by atoms with van der Waals surface area (Å²) in [5.41, 5.74) is 1.40. The third kappa shape index (κ3) is 4.63. The molecule has 1 amide bonds. The summed E-state index contributed by atoms with van der Waals surface area (Å²) in [6.45, 7) is 1.51. The van der Waals surface area contributed by atoms with Crippen molar-refractivity contribution in [2.45, 2.75) is 11.4 Å². The molecule has 3 aromatic rings. The summed E-state index contributed by atoms with van der Waals surface area (Å²) in [5.74, 6) is -0.739. The SMILES string of the molecule is O=C(NCc1ccccc1)c1sccc1S(=O)(=O)N1CCN(c2ccccc2F)CC1. The Hall–Kier alpha value is -2.75. The van der Waals surface area contributed by atoms with Crippen LogP contribution in [0.25, 0.3) is 0 Å². The zero-order valence-corrected chi connectivity index (χ0v) is 18.3. The van der Waals surface area contributed by atoms with Gasteiger partial charge in [-0.05, 0) is 29.1 Å². The van der Waals surface area contributed by atoms with Crippen molar-refractivity contribution in [3.8, 4) is 0 Å². The van der Waals surface area contributed by atoms with E-state index in [9.17, 15) is 17.6 Å². The van der Waals surface area contributed by atoms with Crippen LogP contribution in [0.15, 0.2) is 70.9 Å². The summed E-state index contributed by atoms with van der Waals surface area (Å²) in [4.78, 5) is 14.7. The number of hydrogen-bond donors (Lipinski definition) is 1. The maximum Gasteiger partial charge on any atom is 0.263 e. The Morgan fingerprint density at radius 2 is 1.65 bits per heavy atom. The number of anilines is 1. The van der Waals surface area contributed by atoms with Crippen molar-refractivity contribution in [1.29, 1.82) is 0 Å². The van der Waals surface area contributed by atoms with E-state index in [-0.39, 0.29) is 28.7 Å². The summed E-state index contributed by atoms with van der Waals surface area (Å²) in [5, 5.41) is 4.40. The van der Waals surface area contributed by atoms with Gasteiger partial charge in [-0.1, -0.05) is 42.5 Å². The van der Waals surface area contributed by atoms with E-state index in [4.69, 9.17) is 0 Å². The van der Waals surface area contributed by atoms with Gasteiger partial charge in [0.1, 0.15) is 15.6 Å². The number of sulfonamides is 1. The smallest absolute Gasteiger partial charge is 0.263 e. The molecule has 6 nitrogen and oxygen atoms in total. The molecule has 0 aliphatic carbocycles. The topological polar surface area (TPSA) is 69.7 Å². The van der Waals surface area contributed by atoms with Crippen LogP contribution < -0.4 is 10.2 Å². The fourth-order valence-corrected chi connectivity index (χ4v) is 6.28. The van der Waals surface area contributed by atoms with Crippen molar-refractivity contribution in [1.82, 2.24) is 9.62 Å². The lowest BCUT2D eigenvalue weighted by Crippen LogP contribution is -2.49. The van der Waals surface area contributed by atoms with Crippen molar-refractivity contribution < 1.29 is 17.6 Å². The molecular weight excluding hydrogens is 437 g/mol. The highest BCUT2D eigenvalue weighted by Gasteiger charge is 2.33. The van der Waals surface area contributed by atoms with Crippen LogP contribution in [0.5, 0.6) is 0 Å². The number of carbonyl (C=O) groups excluding carboxylic acids is 1. The molecule has 2 heterocycles. The quantitative estimate of drug-likeness (QED) is 0.614. The average molecular weight is 460 g/mol. The molecule has 2 aromatic carbocycles. The average Bonchev–Trinajstić information content (AvgIpc) is 3.30. The number of rotatable bonds is 6. The zero-order chi connectivity index (χ0) is 21.8. The van der Waals surface area contributed by atoms with Crippen LogP contribution in [-0.2, 0) is 16.6 Å². The highest BCUT2D eigenvalue weighted by atomic mass is 32.2. The van der Waals surface area contributed by atoms with Crippen LogP contribution in [0.2, 0.25) is 0 Å². The Morgan fingerprint density at radius 1 is 0.968 bits per heavy atom. The number of amides is 1. The van der Waals surface area contributed by atoms with Crippen LogP contribution >= 0.6 is 11.3 Å². The highest BCUT2D eigenvalue weighted by molar-refractivity contribution is 7.89. The summed E-state index contributed by atoms with van der Waals surface area (Å²) in [6.07, 6.45) is 0. The van der Waals surface area contributed by atoms with Crippen molar-refractivity contribution in [3.63, 3.8) is 0 Å². The molecule has 0 spiro atoms. The van der Waals surface area contributed by atoms with Gasteiger partial charge >= 0.3 is 0 Å². The van der Waals surface area contributed by atoms with Crippen LogP contribution in [-0.4, -0.2) is 44.8 Å². The van der Waals surface area contributed by atoms with Crippen molar-refractivity contribution in [3.05, 3.63) is 82.3 Å². The number of hydrogen-bond acceptors (Lipinski definition) is 5. The normalized spacial score (nSPS) is 15.1. The van der Waals surface area contributed by atoms with Gasteiger partial charge in [0.15, 0.2) is 0 Å². The Balaban J connectivity index is 1.45. The summed E-state index contributed by atoms with van der Waals surface area (Å²) >= 11 is 1.11. The Bertz CT molecular complexity index is 1160. The van der Waals surface area contributed by atoms with E-state index in [1.54, 1.807) is 23.6 Å². The first-order chi connectivity index (χ1) is 15.0. The molecule has 1 N–H and O–H groups in total. The number of benzene rings is 2. The predicted octanol–water partition coefficient (Wildman–Crippen LogP) is 3.33. The fourth-order valence-electron chi connectivity index (χ4n) is 3.54. The molecule has 0 unspecified atom stereocenters. The molecule has 1 saturated heterocycles. The summed E-state index contributed by atoms with van der Waals surface area (Å²) in [6, 6.07) is 17.4. The number of nitrogens with one attached hydrogen (secondary N) is 1. The molecular formula is C22H22FN3O3S2. The Morgan fingerprint density at radius 3 is 2.35 bits per heavy atom. The number of nitrogens with zero attached hydrogens (tertiary/aromatic N) is 2. The fraction of sp³-hybridized carbons (Fsp3) is 0.227. The third-order valence-electron chi connectivity index (χ3n) is 5.18. The molecule has 0 bridgehead atoms. The maximum absolute atomic E-state index is 14.0. The van der Waals surface area contributed by atoms with Crippen molar-refractivity contribution >= 4 is 33.0 Å². The van der Waals surface area contributed by atoms with Gasteiger partial charge in [0.05, 0.1) is 5.69 Å². The van der Waals surface area contributed by atoms with E-state index in [1.807, 2.05) is 35.2 Å². The molecule has 31 heavy (non-hydrogen) atoms. The largest absolute Gasteiger partial charge is 0.367 e. The highest BCUT2D eigenvalue weighted by Crippen LogP contribution is 2.27. The molecule has 1 fully saturated rings. The van der Waals surface area contributed by atoms with E-state index in [1.165, 1.54) is 16.4 Å². The molecule has 0 atom stereocenters. The van der Waals surface area contributed by atoms with Gasteiger partial charge in [0, 0.05) is 32.7 Å². The van der Waals surface area contributed by atoms with Crippen molar-refractivity contribution in [2.75, 3.05) is 31.1 Å². The van der Waals surface area contributed by atoms with Gasteiger partial charge in [-0.15, -0.1) is 11.3 Å². The molecule has 4 rings (SSSR count). The molecule has 0 radical (unpaired) electrons. The first kappa shape index (κ1) is 21.5. The second-order valence-corrected chi connectivity index (χ2v) is 9.95. The second kappa shape index (κ2) is 9.17. The van der Waals surface area contributed by atoms with E-state index < -0.39 is 15.9 Å². The molecule has 1 aliphatic heterocycles. The number of para-hydroxylation sites is 1. The standard InChI is InChI=1S/C22H22FN3O3S2/c23-18-8-4-5-9-19(18)25-11-13-26(14-12-25)31(28,29)20-10-15-30-21(20)22(27)24-16-17-6-2-1-3-7-17/h1-10,15H,11-14,16H2,(H,24,27). The Kier molecular flexibility index (Phi) is 6.35. The van der Waals surface area contributed by atoms with E-state index in [0.29, 0.717) is 25.3 Å². The van der Waals surface area contributed by atoms with E-state index >= 15 is 0 Å². The first-order valence-corrected chi connectivity index (χ1v) is 12.2. The van der Waals surface area contributed by atoms with E-state index in [2.05, 4.69) is 5.32 Å². The maximum atomic E-state index is 14.0. The molecule has 162 valence electrons. The monoisotopic (exact) mass is 459 g/mol. The van der Waals surface area contributed by atoms with Gasteiger partial charge in [0.25, 0.3) is 5.91 Å². The third-order valence-corrected chi connectivity index (χ3v) is 8.16. The van der Waals surface area contributed by atoms with Gasteiger partial charge in [-0.2, -0.15) is 4.31 Å². The number of carbonyl (C=O) groups is 1. The zero-order valence-electron chi connectivity index (χ0n) is 16.7. The van der Waals surface area contributed by atoms with Crippen LogP contribution in [0.3, 0.4) is 0 Å². The lowest BCUT2D eigenvalue weighted by Gasteiger charge is -2.35. The molecule has 0 saturated carbocycles. The van der Waals surface area contributed by atoms with Gasteiger partial charge in [0.2, 0.25) is 10.0 Å². The Labute approximate surface area is 185 Å². The number of piperazine rings is 1. The minimum Gasteiger partial charge on any atom is -0.367 e. The lowest BCUT2D eigenvalue weighted by atomic mass is 10.2. The minimum absolute atomic E-state index is 0.0161. The van der Waals surface area contributed by atoms with Gasteiger partial charge < -0.3 is 10.2 Å². The minimum atomic E-state index is -3.83. The van der Waals surface area contributed by atoms with Gasteiger partial charge in [-0.3, -0.25) is 4.79 Å². The predicted molar refractivity (Wildman–Crippen MR) is 119 cm³/mol. The lowest BCUT2D eigenvalue weighted by molar-refractivity contribution is 0.0952. The van der Waals surface area contributed by atoms with Gasteiger partial charge in [-0.25, -0.2) is 12.8 Å². The van der Waals surface area contributed by atoms with Crippen LogP contribution in [0.1, 0.15) is 15.2 Å². The molecule has 9 heteroatoms. The molecule has 1 aromatic heterocycles. The number of thiophene rings is 1.